The minimum atomic E-state index is -2.40. The van der Waals surface area contributed by atoms with E-state index in [1.165, 1.54) is 0 Å². The van der Waals surface area contributed by atoms with E-state index in [1.54, 1.807) is 24.5 Å². The molecule has 0 N–H and O–H groups in total. The van der Waals surface area contributed by atoms with Crippen molar-refractivity contribution >= 4 is 0 Å². The zero-order valence-electron chi connectivity index (χ0n) is 12.2. The summed E-state index contributed by atoms with van der Waals surface area (Å²) in [6.07, 6.45) is 1.55. The Labute approximate surface area is 85.9 Å². The fraction of sp³-hybridized carbons (Fsp3) is 0.364. The van der Waals surface area contributed by atoms with Crippen molar-refractivity contribution in [3.05, 3.63) is 42.4 Å². The molecule has 0 saturated carbocycles. The number of aromatic nitrogens is 1. The molecule has 68 valence electrons. The van der Waals surface area contributed by atoms with Crippen LogP contribution in [0.3, 0.4) is 0 Å². The van der Waals surface area contributed by atoms with Crippen molar-refractivity contribution in [2.75, 3.05) is 6.98 Å². The van der Waals surface area contributed by atoms with Crippen molar-refractivity contribution in [3.8, 4) is 0 Å². The number of likely N-dealkylation sites (tertiary alicyclic amines) is 1. The summed E-state index contributed by atoms with van der Waals surface area (Å²) >= 11 is 0. The van der Waals surface area contributed by atoms with Gasteiger partial charge in [-0.05, 0) is 24.4 Å². The maximum absolute atomic E-state index is 7.84. The molecule has 1 aliphatic rings. The third kappa shape index (κ3) is 1.44. The van der Waals surface area contributed by atoms with Crippen LogP contribution in [0.2, 0.25) is 0 Å². The molecule has 0 unspecified atom stereocenters. The molecule has 13 heavy (non-hydrogen) atoms. The van der Waals surface area contributed by atoms with Crippen LogP contribution >= 0.6 is 0 Å². The van der Waals surface area contributed by atoms with Crippen molar-refractivity contribution in [2.45, 2.75) is 18.8 Å². The quantitative estimate of drug-likeness (QED) is 0.658. The van der Waals surface area contributed by atoms with Gasteiger partial charge in [-0.3, -0.25) is 4.98 Å². The topological polar surface area (TPSA) is 16.1 Å². The lowest BCUT2D eigenvalue weighted by atomic mass is 10.1. The maximum Gasteiger partial charge on any atom is 0.0554 e. The van der Waals surface area contributed by atoms with Crippen LogP contribution in [0, 0.1) is 0 Å². The standard InChI is InChI=1S/C11H14N2/c1-9-5-6-11(13(9)2)10-4-3-7-12-8-10/h3-4,7-8,11H,1,5-6H2,2H3/t11-/m0/s1/i2D3,5D2. The summed E-state index contributed by atoms with van der Waals surface area (Å²) in [6.45, 7) is 1.20. The summed E-state index contributed by atoms with van der Waals surface area (Å²) in [6, 6.07) is 2.92. The Morgan fingerprint density at radius 2 is 2.77 bits per heavy atom. The molecule has 1 fully saturated rings. The van der Waals surface area contributed by atoms with Crippen LogP contribution in [-0.4, -0.2) is 16.9 Å². The number of allylic oxidation sites excluding steroid dienone is 1. The number of pyridine rings is 1. The fourth-order valence-corrected chi connectivity index (χ4v) is 1.42. The summed E-state index contributed by atoms with van der Waals surface area (Å²) < 4.78 is 38.3. The first-order valence-electron chi connectivity index (χ1n) is 6.62. The molecule has 0 bridgehead atoms. The van der Waals surface area contributed by atoms with E-state index in [0.717, 1.165) is 4.90 Å². The third-order valence-corrected chi connectivity index (χ3v) is 2.17. The van der Waals surface area contributed by atoms with E-state index in [1.807, 2.05) is 0 Å². The number of hydrogen-bond donors (Lipinski definition) is 0. The van der Waals surface area contributed by atoms with Gasteiger partial charge in [0.05, 0.1) is 6.04 Å². The molecular weight excluding hydrogens is 160 g/mol. The minimum Gasteiger partial charge on any atom is -0.371 e. The van der Waals surface area contributed by atoms with Gasteiger partial charge in [-0.15, -0.1) is 0 Å². The van der Waals surface area contributed by atoms with Gasteiger partial charge in [0.1, 0.15) is 0 Å². The summed E-state index contributed by atoms with van der Waals surface area (Å²) in [5.41, 5.74) is 0.701. The van der Waals surface area contributed by atoms with Crippen molar-refractivity contribution < 1.29 is 6.85 Å². The second kappa shape index (κ2) is 3.21. The average Bonchev–Trinajstić information content (AvgIpc) is 2.51. The molecule has 2 rings (SSSR count). The van der Waals surface area contributed by atoms with Crippen LogP contribution in [0.5, 0.6) is 0 Å². The smallest absolute Gasteiger partial charge is 0.0554 e. The molecule has 0 aliphatic carbocycles. The van der Waals surface area contributed by atoms with Crippen LogP contribution in [0.4, 0.5) is 0 Å². The van der Waals surface area contributed by atoms with Crippen molar-refractivity contribution in [1.29, 1.82) is 0 Å². The highest BCUT2D eigenvalue weighted by Gasteiger charge is 2.24. The largest absolute Gasteiger partial charge is 0.371 e. The monoisotopic (exact) mass is 179 g/mol. The van der Waals surface area contributed by atoms with Gasteiger partial charge in [-0.2, -0.15) is 0 Å². The third-order valence-electron chi connectivity index (χ3n) is 2.17. The molecule has 2 heterocycles. The number of nitrogens with zero attached hydrogens (tertiary/aromatic N) is 2. The Morgan fingerprint density at radius 3 is 3.46 bits per heavy atom. The first-order chi connectivity index (χ1) is 8.23. The second-order valence-corrected chi connectivity index (χ2v) is 3.00. The number of hydrogen-bond acceptors (Lipinski definition) is 2. The lowest BCUT2D eigenvalue weighted by Crippen LogP contribution is -2.15. The predicted molar refractivity (Wildman–Crippen MR) is 53.1 cm³/mol. The average molecular weight is 179 g/mol. The Morgan fingerprint density at radius 1 is 1.85 bits per heavy atom. The van der Waals surface area contributed by atoms with E-state index in [-0.39, 0.29) is 12.1 Å². The molecular formula is C11H14N2. The molecule has 1 saturated heterocycles. The Hall–Kier alpha value is -1.31. The molecule has 1 aromatic rings. The first kappa shape index (κ1) is 4.27. The summed E-state index contributed by atoms with van der Waals surface area (Å²) in [5, 5.41) is 0. The molecule has 0 amide bonds. The molecule has 0 aromatic carbocycles. The SMILES string of the molecule is [2H]C1([2H])C[C@@H](c2cccnc2)N(C([2H])([2H])[2H])C1=C. The normalized spacial score (nSPS) is 32.9. The van der Waals surface area contributed by atoms with Gasteiger partial charge in [0.2, 0.25) is 0 Å². The van der Waals surface area contributed by atoms with Gasteiger partial charge in [0.25, 0.3) is 0 Å². The zero-order valence-corrected chi connectivity index (χ0v) is 7.20. The van der Waals surface area contributed by atoms with E-state index in [0.29, 0.717) is 5.56 Å². The second-order valence-electron chi connectivity index (χ2n) is 3.00. The van der Waals surface area contributed by atoms with Crippen LogP contribution in [0.1, 0.15) is 31.3 Å². The summed E-state index contributed by atoms with van der Waals surface area (Å²) in [7, 11) is 0. The zero-order chi connectivity index (χ0) is 13.6. The van der Waals surface area contributed by atoms with Gasteiger partial charge in [0, 0.05) is 31.9 Å². The van der Waals surface area contributed by atoms with Gasteiger partial charge in [-0.25, -0.2) is 0 Å². The van der Waals surface area contributed by atoms with E-state index in [4.69, 9.17) is 6.85 Å². The van der Waals surface area contributed by atoms with Gasteiger partial charge in [0.15, 0.2) is 0 Å². The van der Waals surface area contributed by atoms with Crippen LogP contribution < -0.4 is 0 Å². The van der Waals surface area contributed by atoms with Crippen LogP contribution in [-0.2, 0) is 0 Å². The Balaban J connectivity index is 2.44. The Bertz CT molecular complexity index is 454. The van der Waals surface area contributed by atoms with Crippen molar-refractivity contribution in [1.82, 2.24) is 9.88 Å². The highest BCUT2D eigenvalue weighted by atomic mass is 15.2. The maximum atomic E-state index is 7.84. The van der Waals surface area contributed by atoms with Crippen LogP contribution in [0.15, 0.2) is 36.8 Å². The van der Waals surface area contributed by atoms with Crippen molar-refractivity contribution in [2.24, 2.45) is 0 Å². The Kier molecular flexibility index (Phi) is 1.05. The van der Waals surface area contributed by atoms with E-state index in [2.05, 4.69) is 11.6 Å². The predicted octanol–water partition coefficient (Wildman–Crippen LogP) is 2.36. The molecule has 2 nitrogen and oxygen atoms in total. The van der Waals surface area contributed by atoms with Gasteiger partial charge >= 0.3 is 0 Å². The van der Waals surface area contributed by atoms with E-state index in [9.17, 15) is 0 Å². The molecule has 1 aliphatic heterocycles. The van der Waals surface area contributed by atoms with E-state index >= 15 is 0 Å². The molecule has 2 heteroatoms. The first-order valence-corrected chi connectivity index (χ1v) is 4.12. The van der Waals surface area contributed by atoms with Crippen LogP contribution in [0.25, 0.3) is 0 Å². The summed E-state index contributed by atoms with van der Waals surface area (Å²) in [4.78, 5) is 5.04. The van der Waals surface area contributed by atoms with Gasteiger partial charge in [-0.1, -0.05) is 12.6 Å². The fourth-order valence-electron chi connectivity index (χ4n) is 1.42. The van der Waals surface area contributed by atoms with E-state index < -0.39 is 19.4 Å². The highest BCUT2D eigenvalue weighted by Crippen LogP contribution is 2.35. The minimum absolute atomic E-state index is 0.0105. The lowest BCUT2D eigenvalue weighted by molar-refractivity contribution is 0.361. The number of rotatable bonds is 1. The lowest BCUT2D eigenvalue weighted by Gasteiger charge is -2.22. The molecule has 1 atom stereocenters. The summed E-state index contributed by atoms with van der Waals surface area (Å²) in [5.74, 6) is 0. The molecule has 1 aromatic heterocycles. The van der Waals surface area contributed by atoms with Crippen molar-refractivity contribution in [3.63, 3.8) is 0 Å². The molecule has 0 spiro atoms. The van der Waals surface area contributed by atoms with Gasteiger partial charge < -0.3 is 4.90 Å². The highest BCUT2D eigenvalue weighted by molar-refractivity contribution is 5.19. The molecule has 0 radical (unpaired) electrons.